The standard InChI is InChI=1S/C17H26N4O2/c1-4-5-6-19(3)17(23)15-11-16(13-18-12-15)21-9-7-20(8-10-21)14(2)22/h11-13H,4-10H2,1-3H3. The molecule has 2 heterocycles. The Labute approximate surface area is 138 Å². The van der Waals surface area contributed by atoms with E-state index in [1.807, 2.05) is 18.0 Å². The van der Waals surface area contributed by atoms with Gasteiger partial charge in [-0.1, -0.05) is 13.3 Å². The third kappa shape index (κ3) is 4.43. The van der Waals surface area contributed by atoms with Crippen molar-refractivity contribution in [3.63, 3.8) is 0 Å². The molecule has 0 aromatic carbocycles. The molecule has 1 saturated heterocycles. The van der Waals surface area contributed by atoms with Crippen LogP contribution in [0.3, 0.4) is 0 Å². The number of piperazine rings is 1. The van der Waals surface area contributed by atoms with Gasteiger partial charge in [0.15, 0.2) is 0 Å². The van der Waals surface area contributed by atoms with Crippen LogP contribution < -0.4 is 4.90 Å². The van der Waals surface area contributed by atoms with Crippen LogP contribution in [-0.2, 0) is 4.79 Å². The second kappa shape index (κ2) is 7.94. The largest absolute Gasteiger partial charge is 0.367 e. The average Bonchev–Trinajstić information content (AvgIpc) is 2.59. The summed E-state index contributed by atoms with van der Waals surface area (Å²) < 4.78 is 0. The molecule has 2 amide bonds. The van der Waals surface area contributed by atoms with Crippen molar-refractivity contribution in [2.45, 2.75) is 26.7 Å². The lowest BCUT2D eigenvalue weighted by atomic mass is 10.2. The van der Waals surface area contributed by atoms with Gasteiger partial charge in [0, 0.05) is 52.9 Å². The number of nitrogens with zero attached hydrogens (tertiary/aromatic N) is 4. The van der Waals surface area contributed by atoms with Crippen LogP contribution in [0, 0.1) is 0 Å². The van der Waals surface area contributed by atoms with Gasteiger partial charge in [-0.2, -0.15) is 0 Å². The lowest BCUT2D eigenvalue weighted by Crippen LogP contribution is -2.48. The molecule has 1 aliphatic heterocycles. The smallest absolute Gasteiger partial charge is 0.255 e. The van der Waals surface area contributed by atoms with Crippen LogP contribution in [0.2, 0.25) is 0 Å². The quantitative estimate of drug-likeness (QED) is 0.828. The van der Waals surface area contributed by atoms with Gasteiger partial charge in [0.1, 0.15) is 0 Å². The van der Waals surface area contributed by atoms with Crippen LogP contribution in [0.4, 0.5) is 5.69 Å². The van der Waals surface area contributed by atoms with Crippen molar-refractivity contribution in [1.29, 1.82) is 0 Å². The Bertz CT molecular complexity index is 553. The second-order valence-electron chi connectivity index (χ2n) is 6.01. The summed E-state index contributed by atoms with van der Waals surface area (Å²) in [5.74, 6) is 0.124. The third-order valence-corrected chi connectivity index (χ3v) is 4.25. The second-order valence-corrected chi connectivity index (χ2v) is 6.01. The van der Waals surface area contributed by atoms with E-state index in [9.17, 15) is 9.59 Å². The molecule has 0 bridgehead atoms. The maximum absolute atomic E-state index is 12.4. The number of hydrogen-bond acceptors (Lipinski definition) is 4. The predicted molar refractivity (Wildman–Crippen MR) is 90.6 cm³/mol. The summed E-state index contributed by atoms with van der Waals surface area (Å²) in [4.78, 5) is 33.8. The van der Waals surface area contributed by atoms with E-state index in [4.69, 9.17) is 0 Å². The first-order chi connectivity index (χ1) is 11.0. The van der Waals surface area contributed by atoms with Crippen LogP contribution in [0.5, 0.6) is 0 Å². The summed E-state index contributed by atoms with van der Waals surface area (Å²) in [5.41, 5.74) is 1.57. The fraction of sp³-hybridized carbons (Fsp3) is 0.588. The Morgan fingerprint density at radius 2 is 1.91 bits per heavy atom. The van der Waals surface area contributed by atoms with Gasteiger partial charge in [-0.15, -0.1) is 0 Å². The summed E-state index contributed by atoms with van der Waals surface area (Å²) in [7, 11) is 1.83. The highest BCUT2D eigenvalue weighted by atomic mass is 16.2. The summed E-state index contributed by atoms with van der Waals surface area (Å²) >= 11 is 0. The Hall–Kier alpha value is -2.11. The number of amides is 2. The number of rotatable bonds is 5. The number of carbonyl (C=O) groups excluding carboxylic acids is 2. The van der Waals surface area contributed by atoms with Gasteiger partial charge in [0.2, 0.25) is 5.91 Å². The zero-order chi connectivity index (χ0) is 16.8. The Balaban J connectivity index is 2.03. The van der Waals surface area contributed by atoms with E-state index in [0.717, 1.165) is 38.2 Å². The average molecular weight is 318 g/mol. The molecule has 6 nitrogen and oxygen atoms in total. The van der Waals surface area contributed by atoms with Gasteiger partial charge < -0.3 is 14.7 Å². The molecule has 126 valence electrons. The van der Waals surface area contributed by atoms with E-state index in [0.29, 0.717) is 18.7 Å². The van der Waals surface area contributed by atoms with E-state index in [1.54, 1.807) is 24.2 Å². The molecule has 0 radical (unpaired) electrons. The van der Waals surface area contributed by atoms with Gasteiger partial charge in [-0.25, -0.2) is 0 Å². The molecule has 0 unspecified atom stereocenters. The van der Waals surface area contributed by atoms with Gasteiger partial charge in [0.05, 0.1) is 17.4 Å². The summed E-state index contributed by atoms with van der Waals surface area (Å²) in [6, 6.07) is 1.90. The number of anilines is 1. The Morgan fingerprint density at radius 1 is 1.22 bits per heavy atom. The van der Waals surface area contributed by atoms with Crippen molar-refractivity contribution in [1.82, 2.24) is 14.8 Å². The zero-order valence-corrected chi connectivity index (χ0v) is 14.3. The van der Waals surface area contributed by atoms with Crippen molar-refractivity contribution < 1.29 is 9.59 Å². The minimum atomic E-state index is 0.00942. The minimum absolute atomic E-state index is 0.00942. The van der Waals surface area contributed by atoms with Crippen LogP contribution >= 0.6 is 0 Å². The molecule has 6 heteroatoms. The molecule has 23 heavy (non-hydrogen) atoms. The molecule has 0 spiro atoms. The van der Waals surface area contributed by atoms with Crippen molar-refractivity contribution in [2.24, 2.45) is 0 Å². The van der Waals surface area contributed by atoms with Crippen LogP contribution in [0.15, 0.2) is 18.5 Å². The maximum Gasteiger partial charge on any atom is 0.255 e. The lowest BCUT2D eigenvalue weighted by molar-refractivity contribution is -0.129. The molecular weight excluding hydrogens is 292 g/mol. The molecule has 2 rings (SSSR count). The zero-order valence-electron chi connectivity index (χ0n) is 14.3. The first kappa shape index (κ1) is 17.2. The number of unbranched alkanes of at least 4 members (excludes halogenated alkanes) is 1. The van der Waals surface area contributed by atoms with E-state index in [2.05, 4.69) is 16.8 Å². The van der Waals surface area contributed by atoms with Crippen molar-refractivity contribution >= 4 is 17.5 Å². The first-order valence-electron chi connectivity index (χ1n) is 8.24. The van der Waals surface area contributed by atoms with E-state index >= 15 is 0 Å². The highest BCUT2D eigenvalue weighted by Crippen LogP contribution is 2.18. The molecule has 0 atom stereocenters. The van der Waals surface area contributed by atoms with E-state index in [-0.39, 0.29) is 11.8 Å². The minimum Gasteiger partial charge on any atom is -0.367 e. The number of carbonyl (C=O) groups is 2. The maximum atomic E-state index is 12.4. The molecule has 1 aromatic rings. The van der Waals surface area contributed by atoms with E-state index in [1.165, 1.54) is 0 Å². The van der Waals surface area contributed by atoms with Gasteiger partial charge >= 0.3 is 0 Å². The third-order valence-electron chi connectivity index (χ3n) is 4.25. The summed E-state index contributed by atoms with van der Waals surface area (Å²) in [6.07, 6.45) is 5.48. The molecule has 1 fully saturated rings. The first-order valence-corrected chi connectivity index (χ1v) is 8.24. The molecule has 0 saturated carbocycles. The van der Waals surface area contributed by atoms with Crippen LogP contribution in [-0.4, -0.2) is 66.4 Å². The highest BCUT2D eigenvalue weighted by molar-refractivity contribution is 5.94. The molecule has 1 aromatic heterocycles. The van der Waals surface area contributed by atoms with Crippen molar-refractivity contribution in [3.05, 3.63) is 24.0 Å². The Morgan fingerprint density at radius 3 is 2.52 bits per heavy atom. The van der Waals surface area contributed by atoms with E-state index < -0.39 is 0 Å². The molecular formula is C17H26N4O2. The fourth-order valence-corrected chi connectivity index (χ4v) is 2.71. The number of hydrogen-bond donors (Lipinski definition) is 0. The monoisotopic (exact) mass is 318 g/mol. The summed E-state index contributed by atoms with van der Waals surface area (Å²) in [6.45, 7) is 7.43. The topological polar surface area (TPSA) is 56.8 Å². The number of aromatic nitrogens is 1. The summed E-state index contributed by atoms with van der Waals surface area (Å²) in [5, 5.41) is 0. The van der Waals surface area contributed by atoms with Crippen LogP contribution in [0.25, 0.3) is 0 Å². The molecule has 0 N–H and O–H groups in total. The van der Waals surface area contributed by atoms with Gasteiger partial charge in [-0.3, -0.25) is 14.6 Å². The van der Waals surface area contributed by atoms with Crippen molar-refractivity contribution in [2.75, 3.05) is 44.7 Å². The normalized spacial score (nSPS) is 14.7. The highest BCUT2D eigenvalue weighted by Gasteiger charge is 2.20. The number of pyridine rings is 1. The van der Waals surface area contributed by atoms with Gasteiger partial charge in [-0.05, 0) is 12.5 Å². The van der Waals surface area contributed by atoms with Gasteiger partial charge in [0.25, 0.3) is 5.91 Å². The molecule has 0 aliphatic carbocycles. The Kier molecular flexibility index (Phi) is 5.96. The fourth-order valence-electron chi connectivity index (χ4n) is 2.71. The molecule has 1 aliphatic rings. The van der Waals surface area contributed by atoms with Crippen molar-refractivity contribution in [3.8, 4) is 0 Å². The SMILES string of the molecule is CCCCN(C)C(=O)c1cncc(N2CCN(C(C)=O)CC2)c1. The lowest BCUT2D eigenvalue weighted by Gasteiger charge is -2.35. The predicted octanol–water partition coefficient (Wildman–Crippen LogP) is 1.62. The van der Waals surface area contributed by atoms with Crippen LogP contribution in [0.1, 0.15) is 37.0 Å².